The van der Waals surface area contributed by atoms with Gasteiger partial charge in [0.2, 0.25) is 5.79 Å². The lowest BCUT2D eigenvalue weighted by Gasteiger charge is -2.50. The third-order valence-corrected chi connectivity index (χ3v) is 9.79. The fourth-order valence-electron chi connectivity index (χ4n) is 6.82. The van der Waals surface area contributed by atoms with Crippen molar-refractivity contribution >= 4 is 11.6 Å². The minimum atomic E-state index is -2.79. The number of aliphatic hydroxyl groups excluding tert-OH is 1. The molecule has 51 heavy (non-hydrogen) atoms. The Labute approximate surface area is 306 Å². The van der Waals surface area contributed by atoms with Gasteiger partial charge >= 0.3 is 0 Å². The molecule has 2 aliphatic heterocycles. The monoisotopic (exact) mass is 713 g/mol. The highest BCUT2D eigenvalue weighted by Gasteiger charge is 2.69. The molecular formula is C42H40ClFO7. The van der Waals surface area contributed by atoms with Gasteiger partial charge in [0, 0.05) is 10.6 Å². The van der Waals surface area contributed by atoms with Crippen molar-refractivity contribution in [1.82, 2.24) is 0 Å². The zero-order valence-corrected chi connectivity index (χ0v) is 28.5. The van der Waals surface area contributed by atoms with Crippen molar-refractivity contribution < 1.29 is 42.0 Å². The summed E-state index contributed by atoms with van der Waals surface area (Å²) in [5.41, 5.74) is 3.13. The third kappa shape index (κ3) is 7.45. The molecule has 7 nitrogen and oxygen atoms in total. The molecule has 5 aromatic rings. The van der Waals surface area contributed by atoms with Gasteiger partial charge in [-0.1, -0.05) is 115 Å². The zero-order chi connectivity index (χ0) is 37.8. The summed E-state index contributed by atoms with van der Waals surface area (Å²) in [5, 5.41) is 11.5. The van der Waals surface area contributed by atoms with Crippen LogP contribution in [0.2, 0.25) is 5.02 Å². The van der Waals surface area contributed by atoms with Crippen LogP contribution in [0.4, 0.5) is 4.39 Å². The molecule has 2 heterocycles. The van der Waals surface area contributed by atoms with Crippen molar-refractivity contribution in [2.45, 2.75) is 55.9 Å². The van der Waals surface area contributed by atoms with E-state index < -0.39 is 49.2 Å². The molecule has 9 heteroatoms. The average molecular weight is 714 g/mol. The standard InChI is InChI=1S/C42H40ClFO7/c1-46-37-20-17-32(22-36(37)44)21-33-23-34(18-19-35(33)43)42-40(49-26-31-15-9-4-10-16-31)38(47-24-29-11-5-2-6-12-29)39(41(27-45,51-42)28-50-42)48-25-30-13-7-3-8-14-30/h2-20,22-23,38-40,45H,21,24-28H2,1H3/t38-,39-,40+,41?,42?/m0/s1/i1D3. The van der Waals surface area contributed by atoms with Crippen molar-refractivity contribution in [3.8, 4) is 5.75 Å². The second kappa shape index (κ2) is 15.6. The number of ether oxygens (including phenoxy) is 6. The summed E-state index contributed by atoms with van der Waals surface area (Å²) in [6.07, 6.45) is -2.37. The lowest BCUT2D eigenvalue weighted by atomic mass is 9.83. The number of fused-ring (bicyclic) bond motifs is 2. The number of hydrogen-bond acceptors (Lipinski definition) is 7. The molecule has 0 amide bonds. The molecule has 2 saturated heterocycles. The molecule has 2 fully saturated rings. The van der Waals surface area contributed by atoms with Gasteiger partial charge in [0.15, 0.2) is 11.6 Å². The van der Waals surface area contributed by atoms with E-state index in [1.54, 1.807) is 18.2 Å². The number of halogens is 2. The van der Waals surface area contributed by atoms with Gasteiger partial charge in [-0.3, -0.25) is 0 Å². The normalized spacial score (nSPS) is 25.2. The number of aliphatic hydroxyl groups is 1. The van der Waals surface area contributed by atoms with E-state index in [2.05, 4.69) is 0 Å². The highest BCUT2D eigenvalue weighted by atomic mass is 35.5. The smallest absolute Gasteiger partial charge is 0.225 e. The molecule has 0 spiro atoms. The fraction of sp³-hybridized carbons (Fsp3) is 0.286. The van der Waals surface area contributed by atoms with Crippen molar-refractivity contribution in [3.63, 3.8) is 0 Å². The van der Waals surface area contributed by atoms with Gasteiger partial charge < -0.3 is 33.5 Å². The Bertz CT molecular complexity index is 2010. The summed E-state index contributed by atoms with van der Waals surface area (Å²) in [4.78, 5) is 0. The minimum absolute atomic E-state index is 0.0343. The molecule has 0 aromatic heterocycles. The summed E-state index contributed by atoms with van der Waals surface area (Å²) in [7, 11) is -2.79. The second-order valence-electron chi connectivity index (χ2n) is 12.8. The summed E-state index contributed by atoms with van der Waals surface area (Å²) in [6, 6.07) is 38.6. The maximum Gasteiger partial charge on any atom is 0.225 e. The van der Waals surface area contributed by atoms with Gasteiger partial charge in [0.25, 0.3) is 0 Å². The number of rotatable bonds is 14. The van der Waals surface area contributed by atoms with E-state index in [1.807, 2.05) is 97.1 Å². The third-order valence-electron chi connectivity index (χ3n) is 9.42. The Morgan fingerprint density at radius 3 is 1.96 bits per heavy atom. The first-order valence-electron chi connectivity index (χ1n) is 18.3. The molecular weight excluding hydrogens is 671 g/mol. The maximum atomic E-state index is 15.0. The van der Waals surface area contributed by atoms with Crippen LogP contribution in [-0.2, 0) is 55.7 Å². The first-order chi connectivity index (χ1) is 26.1. The second-order valence-corrected chi connectivity index (χ2v) is 13.2. The molecule has 0 saturated carbocycles. The molecule has 5 aromatic carbocycles. The molecule has 2 unspecified atom stereocenters. The molecule has 0 aliphatic carbocycles. The predicted octanol–water partition coefficient (Wildman–Crippen LogP) is 7.78. The molecule has 5 atom stereocenters. The highest BCUT2D eigenvalue weighted by molar-refractivity contribution is 6.31. The van der Waals surface area contributed by atoms with Gasteiger partial charge in [0.1, 0.15) is 23.9 Å². The maximum absolute atomic E-state index is 15.0. The van der Waals surface area contributed by atoms with Crippen molar-refractivity contribution in [2.75, 3.05) is 20.3 Å². The lowest BCUT2D eigenvalue weighted by Crippen LogP contribution is -2.67. The largest absolute Gasteiger partial charge is 0.494 e. The zero-order valence-electron chi connectivity index (χ0n) is 30.8. The van der Waals surface area contributed by atoms with Gasteiger partial charge in [0.05, 0.1) is 44.2 Å². The first-order valence-corrected chi connectivity index (χ1v) is 17.1. The van der Waals surface area contributed by atoms with Crippen LogP contribution in [0.5, 0.6) is 5.75 Å². The first kappa shape index (κ1) is 31.6. The van der Waals surface area contributed by atoms with Crippen LogP contribution in [0.25, 0.3) is 0 Å². The molecule has 0 radical (unpaired) electrons. The van der Waals surface area contributed by atoms with E-state index in [0.717, 1.165) is 16.7 Å². The van der Waals surface area contributed by atoms with Crippen LogP contribution in [0.1, 0.15) is 37.5 Å². The van der Waals surface area contributed by atoms with Crippen LogP contribution < -0.4 is 4.74 Å². The molecule has 2 bridgehead atoms. The van der Waals surface area contributed by atoms with E-state index in [-0.39, 0.29) is 38.6 Å². The Morgan fingerprint density at radius 2 is 1.37 bits per heavy atom. The molecule has 2 aliphatic rings. The summed E-state index contributed by atoms with van der Waals surface area (Å²) < 4.78 is 75.7. The van der Waals surface area contributed by atoms with E-state index in [4.69, 9.17) is 44.1 Å². The SMILES string of the molecule is [2H]C([2H])([2H])Oc1ccc(Cc2cc(C34OCC(CO)(O3)[C@@H](OCc3ccccc3)[C@H](OCc3ccccc3)[C@H]4OCc3ccccc3)ccc2Cl)cc1F. The van der Waals surface area contributed by atoms with Crippen LogP contribution in [0.3, 0.4) is 0 Å². The van der Waals surface area contributed by atoms with Gasteiger partial charge in [-0.25, -0.2) is 4.39 Å². The average Bonchev–Trinajstić information content (AvgIpc) is 3.53. The van der Waals surface area contributed by atoms with Crippen LogP contribution >= 0.6 is 11.6 Å². The number of hydrogen-bond donors (Lipinski definition) is 1. The van der Waals surface area contributed by atoms with Gasteiger partial charge in [-0.2, -0.15) is 0 Å². The molecule has 1 N–H and O–H groups in total. The lowest BCUT2D eigenvalue weighted by molar-refractivity contribution is -0.353. The van der Waals surface area contributed by atoms with E-state index >= 15 is 0 Å². The Morgan fingerprint density at radius 1 is 0.765 bits per heavy atom. The predicted molar refractivity (Wildman–Crippen MR) is 191 cm³/mol. The summed E-state index contributed by atoms with van der Waals surface area (Å²) in [6.45, 7) is 0.159. The Hall–Kier alpha value is -4.12. The number of methoxy groups -OCH3 is 1. The fourth-order valence-corrected chi connectivity index (χ4v) is 7.00. The van der Waals surface area contributed by atoms with Crippen LogP contribution in [-0.4, -0.2) is 49.3 Å². The van der Waals surface area contributed by atoms with Crippen molar-refractivity contribution in [3.05, 3.63) is 172 Å². The topological polar surface area (TPSA) is 75.6 Å². The van der Waals surface area contributed by atoms with Gasteiger partial charge in [-0.05, 0) is 58.5 Å². The summed E-state index contributed by atoms with van der Waals surface area (Å²) in [5.74, 6) is -2.78. The molecule has 264 valence electrons. The van der Waals surface area contributed by atoms with Crippen LogP contribution in [0.15, 0.2) is 127 Å². The van der Waals surface area contributed by atoms with Crippen molar-refractivity contribution in [1.29, 1.82) is 0 Å². The van der Waals surface area contributed by atoms with Gasteiger partial charge in [-0.15, -0.1) is 0 Å². The highest BCUT2D eigenvalue weighted by Crippen LogP contribution is 2.53. The Kier molecular flexibility index (Phi) is 9.69. The molecule has 7 rings (SSSR count). The van der Waals surface area contributed by atoms with E-state index in [1.165, 1.54) is 12.1 Å². The summed E-state index contributed by atoms with van der Waals surface area (Å²) >= 11 is 6.75. The van der Waals surface area contributed by atoms with Crippen molar-refractivity contribution in [2.24, 2.45) is 0 Å². The van der Waals surface area contributed by atoms with E-state index in [9.17, 15) is 9.50 Å². The quantitative estimate of drug-likeness (QED) is 0.126. The van der Waals surface area contributed by atoms with E-state index in [0.29, 0.717) is 21.7 Å². The Balaban J connectivity index is 1.28. The van der Waals surface area contributed by atoms with Crippen LogP contribution in [0, 0.1) is 5.82 Å². The minimum Gasteiger partial charge on any atom is -0.494 e. The number of benzene rings is 5.